The molecule has 0 spiro atoms. The highest BCUT2D eigenvalue weighted by molar-refractivity contribution is 6.33. The lowest BCUT2D eigenvalue weighted by molar-refractivity contribution is -0.137. The molecule has 1 aliphatic rings. The van der Waals surface area contributed by atoms with Crippen molar-refractivity contribution in [2.75, 3.05) is 43.1 Å². The molecule has 2 aromatic carbocycles. The Balaban J connectivity index is 1.55. The Kier molecular flexibility index (Phi) is 6.52. The van der Waals surface area contributed by atoms with E-state index in [4.69, 9.17) is 16.3 Å². The molecule has 0 N–H and O–H groups in total. The van der Waals surface area contributed by atoms with Gasteiger partial charge in [0.15, 0.2) is 0 Å². The van der Waals surface area contributed by atoms with E-state index >= 15 is 0 Å². The van der Waals surface area contributed by atoms with Gasteiger partial charge in [0.1, 0.15) is 5.02 Å². The standard InChI is InChI=1S/C23H20ClF3N4O3/c1-34-22(33)17-7-2-3-8-18(17)31-21(32)20(24)19(14-28-31)30-11-9-29(10-12-30)16-6-4-5-15(13-16)23(25,26)27/h2-8,13-14H,9-12H2,1H3. The Bertz CT molecular complexity index is 1270. The Morgan fingerprint density at radius 1 is 1.00 bits per heavy atom. The Morgan fingerprint density at radius 2 is 1.68 bits per heavy atom. The second kappa shape index (κ2) is 9.38. The molecule has 0 amide bonds. The number of alkyl halides is 3. The molecule has 0 radical (unpaired) electrons. The summed E-state index contributed by atoms with van der Waals surface area (Å²) < 4.78 is 44.9. The molecule has 4 rings (SSSR count). The van der Waals surface area contributed by atoms with Gasteiger partial charge in [-0.15, -0.1) is 0 Å². The molecule has 178 valence electrons. The van der Waals surface area contributed by atoms with Gasteiger partial charge in [-0.25, -0.2) is 4.79 Å². The minimum atomic E-state index is -4.41. The first-order chi connectivity index (χ1) is 16.2. The van der Waals surface area contributed by atoms with Crippen LogP contribution in [0.3, 0.4) is 0 Å². The molecule has 1 aromatic heterocycles. The number of halogens is 4. The number of benzene rings is 2. The number of hydrogen-bond donors (Lipinski definition) is 0. The van der Waals surface area contributed by atoms with Crippen LogP contribution >= 0.6 is 11.6 Å². The Labute approximate surface area is 197 Å². The summed E-state index contributed by atoms with van der Waals surface area (Å²) in [6.07, 6.45) is -2.97. The van der Waals surface area contributed by atoms with E-state index in [-0.39, 0.29) is 16.3 Å². The van der Waals surface area contributed by atoms with Crippen LogP contribution in [0.4, 0.5) is 24.5 Å². The third-order valence-corrected chi connectivity index (χ3v) is 5.95. The highest BCUT2D eigenvalue weighted by Gasteiger charge is 2.31. The molecule has 7 nitrogen and oxygen atoms in total. The van der Waals surface area contributed by atoms with Gasteiger partial charge in [-0.05, 0) is 30.3 Å². The predicted molar refractivity (Wildman–Crippen MR) is 122 cm³/mol. The fourth-order valence-electron chi connectivity index (χ4n) is 3.84. The smallest absolute Gasteiger partial charge is 0.416 e. The number of nitrogens with zero attached hydrogens (tertiary/aromatic N) is 4. The van der Waals surface area contributed by atoms with E-state index in [0.29, 0.717) is 37.6 Å². The summed E-state index contributed by atoms with van der Waals surface area (Å²) in [7, 11) is 1.24. The highest BCUT2D eigenvalue weighted by atomic mass is 35.5. The average molecular weight is 493 g/mol. The number of methoxy groups -OCH3 is 1. The molecule has 0 atom stereocenters. The minimum Gasteiger partial charge on any atom is -0.465 e. The lowest BCUT2D eigenvalue weighted by Crippen LogP contribution is -2.47. The second-order valence-corrected chi connectivity index (χ2v) is 7.97. The average Bonchev–Trinajstić information content (AvgIpc) is 2.85. The number of esters is 1. The number of anilines is 2. The monoisotopic (exact) mass is 492 g/mol. The first-order valence-electron chi connectivity index (χ1n) is 10.3. The molecule has 0 unspecified atom stereocenters. The lowest BCUT2D eigenvalue weighted by atomic mass is 10.1. The van der Waals surface area contributed by atoms with Gasteiger partial charge in [0.05, 0.1) is 35.8 Å². The van der Waals surface area contributed by atoms with Crippen molar-refractivity contribution in [1.29, 1.82) is 0 Å². The number of piperazine rings is 1. The van der Waals surface area contributed by atoms with Crippen LogP contribution in [0.1, 0.15) is 15.9 Å². The van der Waals surface area contributed by atoms with E-state index in [1.54, 1.807) is 24.3 Å². The van der Waals surface area contributed by atoms with Crippen molar-refractivity contribution in [1.82, 2.24) is 9.78 Å². The van der Waals surface area contributed by atoms with Crippen LogP contribution in [0.25, 0.3) is 5.69 Å². The normalized spacial score (nSPS) is 14.3. The molecule has 11 heteroatoms. The highest BCUT2D eigenvalue weighted by Crippen LogP contribution is 2.32. The third-order valence-electron chi connectivity index (χ3n) is 5.60. The van der Waals surface area contributed by atoms with Crippen molar-refractivity contribution >= 4 is 28.9 Å². The molecule has 34 heavy (non-hydrogen) atoms. The van der Waals surface area contributed by atoms with E-state index in [9.17, 15) is 22.8 Å². The number of aromatic nitrogens is 2. The molecule has 0 aliphatic carbocycles. The van der Waals surface area contributed by atoms with Crippen LogP contribution in [0, 0.1) is 0 Å². The van der Waals surface area contributed by atoms with Crippen LogP contribution in [0.2, 0.25) is 5.02 Å². The van der Waals surface area contributed by atoms with Gasteiger partial charge in [-0.3, -0.25) is 4.79 Å². The molecular formula is C23H20ClF3N4O3. The maximum atomic E-state index is 13.0. The minimum absolute atomic E-state index is 0.0674. The van der Waals surface area contributed by atoms with Crippen molar-refractivity contribution in [3.8, 4) is 5.69 Å². The van der Waals surface area contributed by atoms with E-state index in [0.717, 1.165) is 16.8 Å². The summed E-state index contributed by atoms with van der Waals surface area (Å²) in [5.41, 5.74) is 0.00215. The number of para-hydroxylation sites is 1. The van der Waals surface area contributed by atoms with Gasteiger partial charge in [-0.1, -0.05) is 29.8 Å². The quantitative estimate of drug-likeness (QED) is 0.513. The van der Waals surface area contributed by atoms with Crippen LogP contribution in [-0.4, -0.2) is 49.0 Å². The number of ether oxygens (including phenoxy) is 1. The van der Waals surface area contributed by atoms with Crippen LogP contribution < -0.4 is 15.4 Å². The van der Waals surface area contributed by atoms with Gasteiger partial charge in [0, 0.05) is 31.9 Å². The van der Waals surface area contributed by atoms with Crippen molar-refractivity contribution in [2.45, 2.75) is 6.18 Å². The van der Waals surface area contributed by atoms with Gasteiger partial charge in [0.25, 0.3) is 5.56 Å². The van der Waals surface area contributed by atoms with Crippen LogP contribution in [0.5, 0.6) is 0 Å². The fourth-order valence-corrected chi connectivity index (χ4v) is 4.09. The van der Waals surface area contributed by atoms with Gasteiger partial charge < -0.3 is 14.5 Å². The first kappa shape index (κ1) is 23.6. The summed E-state index contributed by atoms with van der Waals surface area (Å²) in [5.74, 6) is -0.616. The fraction of sp³-hybridized carbons (Fsp3) is 0.261. The summed E-state index contributed by atoms with van der Waals surface area (Å²) in [4.78, 5) is 28.8. The number of hydrogen-bond acceptors (Lipinski definition) is 6. The topological polar surface area (TPSA) is 67.7 Å². The number of carbonyl (C=O) groups excluding carboxylic acids is 1. The second-order valence-electron chi connectivity index (χ2n) is 7.59. The van der Waals surface area contributed by atoms with E-state index < -0.39 is 23.3 Å². The summed E-state index contributed by atoms with van der Waals surface area (Å²) in [5, 5.41) is 4.14. The summed E-state index contributed by atoms with van der Waals surface area (Å²) >= 11 is 6.40. The van der Waals surface area contributed by atoms with Gasteiger partial charge in [0.2, 0.25) is 0 Å². The molecule has 2 heterocycles. The zero-order valence-corrected chi connectivity index (χ0v) is 18.8. The number of carbonyl (C=O) groups is 1. The zero-order valence-electron chi connectivity index (χ0n) is 18.1. The van der Waals surface area contributed by atoms with Crippen LogP contribution in [0.15, 0.2) is 59.5 Å². The number of rotatable bonds is 4. The van der Waals surface area contributed by atoms with Crippen molar-refractivity contribution in [3.63, 3.8) is 0 Å². The molecule has 0 bridgehead atoms. The molecule has 1 saturated heterocycles. The molecule has 3 aromatic rings. The first-order valence-corrected chi connectivity index (χ1v) is 10.7. The van der Waals surface area contributed by atoms with Crippen LogP contribution in [-0.2, 0) is 10.9 Å². The van der Waals surface area contributed by atoms with Crippen molar-refractivity contribution in [2.24, 2.45) is 0 Å². The maximum absolute atomic E-state index is 13.0. The Hall–Kier alpha value is -3.53. The summed E-state index contributed by atoms with van der Waals surface area (Å²) in [6.45, 7) is 1.73. The lowest BCUT2D eigenvalue weighted by Gasteiger charge is -2.37. The molecule has 1 fully saturated rings. The van der Waals surface area contributed by atoms with Gasteiger partial charge in [-0.2, -0.15) is 23.0 Å². The largest absolute Gasteiger partial charge is 0.465 e. The molecular weight excluding hydrogens is 473 g/mol. The van der Waals surface area contributed by atoms with Crippen molar-refractivity contribution < 1.29 is 22.7 Å². The van der Waals surface area contributed by atoms with Crippen molar-refractivity contribution in [3.05, 3.63) is 81.2 Å². The maximum Gasteiger partial charge on any atom is 0.416 e. The third kappa shape index (κ3) is 4.58. The van der Waals surface area contributed by atoms with E-state index in [1.807, 2.05) is 9.80 Å². The SMILES string of the molecule is COC(=O)c1ccccc1-n1ncc(N2CCN(c3cccc(C(F)(F)F)c3)CC2)c(Cl)c1=O. The Morgan fingerprint density at radius 3 is 2.35 bits per heavy atom. The van der Waals surface area contributed by atoms with E-state index in [1.165, 1.54) is 25.4 Å². The predicted octanol–water partition coefficient (Wildman–Crippen LogP) is 4.02. The van der Waals surface area contributed by atoms with E-state index in [2.05, 4.69) is 5.10 Å². The molecule has 0 saturated carbocycles. The summed E-state index contributed by atoms with van der Waals surface area (Å²) in [6, 6.07) is 11.6. The molecule has 1 aliphatic heterocycles. The zero-order chi connectivity index (χ0) is 24.5. The van der Waals surface area contributed by atoms with Gasteiger partial charge >= 0.3 is 12.1 Å².